The van der Waals surface area contributed by atoms with E-state index in [1.54, 1.807) is 30.1 Å². The molecule has 1 heterocycles. The van der Waals surface area contributed by atoms with E-state index >= 15 is 0 Å². The van der Waals surface area contributed by atoms with Gasteiger partial charge in [-0.25, -0.2) is 0 Å². The first kappa shape index (κ1) is 17.9. The van der Waals surface area contributed by atoms with Crippen LogP contribution in [0.5, 0.6) is 11.5 Å². The number of ether oxygens (including phenoxy) is 1. The van der Waals surface area contributed by atoms with Gasteiger partial charge in [0.05, 0.1) is 19.2 Å². The minimum Gasteiger partial charge on any atom is -0.504 e. The maximum absolute atomic E-state index is 12.2. The number of nitrogens with two attached hydrogens (primary N) is 1. The molecule has 2 aromatic rings. The molecule has 6 nitrogen and oxygen atoms in total. The Balaban J connectivity index is 0.00000242. The van der Waals surface area contributed by atoms with Crippen LogP contribution in [-0.2, 0) is 13.1 Å². The molecule has 0 aliphatic heterocycles. The molecule has 1 aromatic heterocycles. The lowest BCUT2D eigenvalue weighted by molar-refractivity contribution is 0.0784. The van der Waals surface area contributed by atoms with Gasteiger partial charge in [-0.05, 0) is 23.8 Å². The molecule has 0 spiro atoms. The van der Waals surface area contributed by atoms with E-state index in [0.29, 0.717) is 23.6 Å². The van der Waals surface area contributed by atoms with Crippen LogP contribution in [0.4, 0.5) is 0 Å². The number of hydrogen-bond donors (Lipinski definition) is 2. The monoisotopic (exact) mass is 326 g/mol. The Bertz CT molecular complexity index is 642. The van der Waals surface area contributed by atoms with E-state index in [4.69, 9.17) is 14.9 Å². The number of phenols is 1. The molecule has 120 valence electrons. The molecule has 0 unspecified atom stereocenters. The van der Waals surface area contributed by atoms with Crippen molar-refractivity contribution in [2.24, 2.45) is 5.73 Å². The summed E-state index contributed by atoms with van der Waals surface area (Å²) in [6.07, 6.45) is 1.40. The summed E-state index contributed by atoms with van der Waals surface area (Å²) in [6, 6.07) is 6.61. The van der Waals surface area contributed by atoms with Crippen LogP contribution in [0.15, 0.2) is 34.9 Å². The largest absolute Gasteiger partial charge is 0.504 e. The lowest BCUT2D eigenvalue weighted by Crippen LogP contribution is -2.25. The number of methoxy groups -OCH3 is 1. The molecule has 0 aliphatic rings. The molecule has 0 atom stereocenters. The maximum atomic E-state index is 12.2. The Labute approximate surface area is 134 Å². The fourth-order valence-electron chi connectivity index (χ4n) is 1.99. The third-order valence-corrected chi connectivity index (χ3v) is 3.11. The number of benzene rings is 1. The number of hydrogen-bond acceptors (Lipinski definition) is 5. The number of amides is 1. The quantitative estimate of drug-likeness (QED) is 0.878. The van der Waals surface area contributed by atoms with Gasteiger partial charge < -0.3 is 24.9 Å². The van der Waals surface area contributed by atoms with Gasteiger partial charge in [-0.2, -0.15) is 0 Å². The summed E-state index contributed by atoms with van der Waals surface area (Å²) in [7, 11) is 3.17. The molecule has 22 heavy (non-hydrogen) atoms. The van der Waals surface area contributed by atoms with Crippen molar-refractivity contribution >= 4 is 18.3 Å². The fraction of sp³-hybridized carbons (Fsp3) is 0.267. The summed E-state index contributed by atoms with van der Waals surface area (Å²) >= 11 is 0. The van der Waals surface area contributed by atoms with Crippen LogP contribution in [0.1, 0.15) is 21.7 Å². The lowest BCUT2D eigenvalue weighted by atomic mass is 10.2. The highest BCUT2D eigenvalue weighted by Gasteiger charge is 2.15. The highest BCUT2D eigenvalue weighted by atomic mass is 35.5. The lowest BCUT2D eigenvalue weighted by Gasteiger charge is -2.17. The van der Waals surface area contributed by atoms with Gasteiger partial charge in [0.15, 0.2) is 11.5 Å². The van der Waals surface area contributed by atoms with Crippen molar-refractivity contribution in [3.63, 3.8) is 0 Å². The second-order valence-corrected chi connectivity index (χ2v) is 4.67. The molecule has 0 bridgehead atoms. The SMILES string of the molecule is COc1cc(CN(C)C(=O)c2coc(CN)c2)ccc1O.Cl. The van der Waals surface area contributed by atoms with E-state index in [1.807, 2.05) is 0 Å². The number of carbonyl (C=O) groups excluding carboxylic acids is 1. The second-order valence-electron chi connectivity index (χ2n) is 4.67. The van der Waals surface area contributed by atoms with Crippen LogP contribution in [0.3, 0.4) is 0 Å². The minimum absolute atomic E-state index is 0. The van der Waals surface area contributed by atoms with E-state index in [0.717, 1.165) is 5.56 Å². The molecule has 0 saturated heterocycles. The third kappa shape index (κ3) is 3.93. The smallest absolute Gasteiger partial charge is 0.257 e. The number of carbonyl (C=O) groups is 1. The van der Waals surface area contributed by atoms with Crippen molar-refractivity contribution in [2.75, 3.05) is 14.2 Å². The minimum atomic E-state index is -0.162. The molecule has 1 aromatic carbocycles. The zero-order chi connectivity index (χ0) is 15.4. The predicted octanol–water partition coefficient (Wildman–Crippen LogP) is 2.15. The van der Waals surface area contributed by atoms with Gasteiger partial charge in [0.1, 0.15) is 12.0 Å². The van der Waals surface area contributed by atoms with Gasteiger partial charge in [-0.1, -0.05) is 6.07 Å². The zero-order valence-corrected chi connectivity index (χ0v) is 13.2. The Hall–Kier alpha value is -2.18. The van der Waals surface area contributed by atoms with Gasteiger partial charge in [0.2, 0.25) is 0 Å². The molecule has 0 fully saturated rings. The second kappa shape index (κ2) is 7.72. The molecular weight excluding hydrogens is 308 g/mol. The summed E-state index contributed by atoms with van der Waals surface area (Å²) in [4.78, 5) is 13.8. The third-order valence-electron chi connectivity index (χ3n) is 3.11. The van der Waals surface area contributed by atoms with Crippen molar-refractivity contribution in [2.45, 2.75) is 13.1 Å². The topological polar surface area (TPSA) is 88.9 Å². The number of rotatable bonds is 5. The maximum Gasteiger partial charge on any atom is 0.257 e. The number of halogens is 1. The Kier molecular flexibility index (Phi) is 6.27. The van der Waals surface area contributed by atoms with Gasteiger partial charge in [-0.15, -0.1) is 12.4 Å². The Morgan fingerprint density at radius 3 is 2.73 bits per heavy atom. The van der Waals surface area contributed by atoms with Crippen LogP contribution in [0.2, 0.25) is 0 Å². The average Bonchev–Trinajstić information content (AvgIpc) is 2.97. The first-order valence-corrected chi connectivity index (χ1v) is 6.44. The van der Waals surface area contributed by atoms with Crippen LogP contribution >= 0.6 is 12.4 Å². The number of phenolic OH excluding ortho intramolecular Hbond substituents is 1. The van der Waals surface area contributed by atoms with Crippen LogP contribution in [-0.4, -0.2) is 30.1 Å². The number of nitrogens with zero attached hydrogens (tertiary/aromatic N) is 1. The van der Waals surface area contributed by atoms with Crippen molar-refractivity contribution in [3.8, 4) is 11.5 Å². The highest BCUT2D eigenvalue weighted by Crippen LogP contribution is 2.26. The van der Waals surface area contributed by atoms with Crippen molar-refractivity contribution in [1.82, 2.24) is 4.90 Å². The standard InChI is InChI=1S/C15H18N2O4.ClH/c1-17(15(19)11-6-12(7-16)21-9-11)8-10-3-4-13(18)14(5-10)20-2;/h3-6,9,18H,7-8,16H2,1-2H3;1H. The molecule has 0 saturated carbocycles. The van der Waals surface area contributed by atoms with E-state index in [9.17, 15) is 9.90 Å². The number of aromatic hydroxyl groups is 1. The Morgan fingerprint density at radius 1 is 1.41 bits per heavy atom. The number of furan rings is 1. The van der Waals surface area contributed by atoms with Gasteiger partial charge in [0, 0.05) is 13.6 Å². The first-order valence-electron chi connectivity index (χ1n) is 6.44. The van der Waals surface area contributed by atoms with E-state index in [2.05, 4.69) is 0 Å². The van der Waals surface area contributed by atoms with Gasteiger partial charge in [-0.3, -0.25) is 4.79 Å². The van der Waals surface area contributed by atoms with Crippen LogP contribution in [0.25, 0.3) is 0 Å². The molecule has 1 amide bonds. The Morgan fingerprint density at radius 2 is 2.14 bits per heavy atom. The first-order chi connectivity index (χ1) is 10.0. The van der Waals surface area contributed by atoms with Crippen molar-refractivity contribution in [3.05, 3.63) is 47.4 Å². The summed E-state index contributed by atoms with van der Waals surface area (Å²) < 4.78 is 10.2. The normalized spacial score (nSPS) is 9.95. The van der Waals surface area contributed by atoms with Crippen molar-refractivity contribution in [1.29, 1.82) is 0 Å². The van der Waals surface area contributed by atoms with Crippen molar-refractivity contribution < 1.29 is 19.1 Å². The van der Waals surface area contributed by atoms with Gasteiger partial charge >= 0.3 is 0 Å². The van der Waals surface area contributed by atoms with Crippen LogP contribution in [0, 0.1) is 0 Å². The molecule has 3 N–H and O–H groups in total. The molecular formula is C15H19ClN2O4. The highest BCUT2D eigenvalue weighted by molar-refractivity contribution is 5.93. The van der Waals surface area contributed by atoms with E-state index in [1.165, 1.54) is 19.4 Å². The summed E-state index contributed by atoms with van der Waals surface area (Å²) in [5, 5.41) is 9.56. The molecule has 0 aliphatic carbocycles. The molecule has 0 radical (unpaired) electrons. The average molecular weight is 327 g/mol. The summed E-state index contributed by atoms with van der Waals surface area (Å²) in [6.45, 7) is 0.644. The van der Waals surface area contributed by atoms with Gasteiger partial charge in [0.25, 0.3) is 5.91 Å². The zero-order valence-electron chi connectivity index (χ0n) is 12.4. The summed E-state index contributed by atoms with van der Waals surface area (Å²) in [5.41, 5.74) is 6.76. The molecule has 2 rings (SSSR count). The van der Waals surface area contributed by atoms with Crippen LogP contribution < -0.4 is 10.5 Å². The fourth-order valence-corrected chi connectivity index (χ4v) is 1.99. The molecule has 7 heteroatoms. The summed E-state index contributed by atoms with van der Waals surface area (Å²) in [5.74, 6) is 0.850. The van der Waals surface area contributed by atoms with E-state index in [-0.39, 0.29) is 30.6 Å². The predicted molar refractivity (Wildman–Crippen MR) is 84.3 cm³/mol. The van der Waals surface area contributed by atoms with E-state index < -0.39 is 0 Å².